The Bertz CT molecular complexity index is 836. The van der Waals surface area contributed by atoms with Gasteiger partial charge >= 0.3 is 0 Å². The van der Waals surface area contributed by atoms with Gasteiger partial charge in [-0.25, -0.2) is 0 Å². The molecule has 0 radical (unpaired) electrons. The van der Waals surface area contributed by atoms with E-state index in [-0.39, 0.29) is 11.3 Å². The van der Waals surface area contributed by atoms with Crippen molar-refractivity contribution in [3.05, 3.63) is 53.9 Å². The molecule has 2 aliphatic heterocycles. The number of pyridine rings is 1. The van der Waals surface area contributed by atoms with E-state index >= 15 is 0 Å². The third-order valence-electron chi connectivity index (χ3n) is 5.47. The molecular formula is C21H25N3O2. The van der Waals surface area contributed by atoms with Crippen molar-refractivity contribution < 1.29 is 9.53 Å². The number of aromatic nitrogens is 1. The second kappa shape index (κ2) is 6.40. The lowest BCUT2D eigenvalue weighted by Gasteiger charge is -2.27. The first kappa shape index (κ1) is 17.0. The lowest BCUT2D eigenvalue weighted by Crippen LogP contribution is -2.38. The summed E-state index contributed by atoms with van der Waals surface area (Å²) in [6.07, 6.45) is 1.99. The summed E-state index contributed by atoms with van der Waals surface area (Å²) >= 11 is 0. The molecule has 1 aromatic heterocycles. The predicted molar refractivity (Wildman–Crippen MR) is 103 cm³/mol. The van der Waals surface area contributed by atoms with E-state index in [0.717, 1.165) is 17.9 Å². The van der Waals surface area contributed by atoms with Crippen molar-refractivity contribution in [2.24, 2.45) is 0 Å². The van der Waals surface area contributed by atoms with Gasteiger partial charge in [0.05, 0.1) is 6.61 Å². The van der Waals surface area contributed by atoms with E-state index in [1.54, 1.807) is 12.3 Å². The van der Waals surface area contributed by atoms with Crippen LogP contribution in [0.4, 0.5) is 11.4 Å². The highest BCUT2D eigenvalue weighted by atomic mass is 16.5. The number of ether oxygens (including phenoxy) is 1. The fraction of sp³-hybridized carbons (Fsp3) is 0.429. The van der Waals surface area contributed by atoms with Crippen molar-refractivity contribution in [1.29, 1.82) is 0 Å². The Labute approximate surface area is 154 Å². The summed E-state index contributed by atoms with van der Waals surface area (Å²) in [4.78, 5) is 19.3. The molecule has 0 bridgehead atoms. The second-order valence-corrected chi connectivity index (χ2v) is 7.70. The zero-order valence-corrected chi connectivity index (χ0v) is 15.5. The number of fused-ring (bicyclic) bond motifs is 2. The van der Waals surface area contributed by atoms with Gasteiger partial charge < -0.3 is 15.0 Å². The summed E-state index contributed by atoms with van der Waals surface area (Å²) in [5, 5.41) is 2.97. The number of nitrogens with one attached hydrogen (secondary N) is 1. The van der Waals surface area contributed by atoms with E-state index < -0.39 is 6.10 Å². The maximum Gasteiger partial charge on any atom is 0.253 e. The van der Waals surface area contributed by atoms with E-state index in [1.807, 2.05) is 13.0 Å². The van der Waals surface area contributed by atoms with Gasteiger partial charge in [0.1, 0.15) is 6.10 Å². The van der Waals surface area contributed by atoms with E-state index in [0.29, 0.717) is 19.1 Å². The van der Waals surface area contributed by atoms with Crippen molar-refractivity contribution in [3.63, 3.8) is 0 Å². The number of carbonyl (C=O) groups excluding carboxylic acids is 1. The molecule has 0 saturated carbocycles. The fourth-order valence-electron chi connectivity index (χ4n) is 4.17. The highest BCUT2D eigenvalue weighted by Crippen LogP contribution is 2.48. The highest BCUT2D eigenvalue weighted by Gasteiger charge is 2.50. The first-order valence-electron chi connectivity index (χ1n) is 9.20. The van der Waals surface area contributed by atoms with Gasteiger partial charge in [0.25, 0.3) is 5.91 Å². The van der Waals surface area contributed by atoms with Crippen LogP contribution in [-0.4, -0.2) is 36.2 Å². The number of aryl methyl sites for hydroxylation is 1. The van der Waals surface area contributed by atoms with Gasteiger partial charge in [0.2, 0.25) is 0 Å². The Balaban J connectivity index is 1.54. The van der Waals surface area contributed by atoms with Crippen LogP contribution in [-0.2, 0) is 14.9 Å². The quantitative estimate of drug-likeness (QED) is 0.922. The van der Waals surface area contributed by atoms with Gasteiger partial charge in [-0.15, -0.1) is 0 Å². The molecule has 2 aliphatic rings. The monoisotopic (exact) mass is 351 g/mol. The minimum atomic E-state index is -0.427. The van der Waals surface area contributed by atoms with E-state index in [9.17, 15) is 4.79 Å². The number of amides is 1. The average molecular weight is 351 g/mol. The van der Waals surface area contributed by atoms with Crippen LogP contribution in [0.2, 0.25) is 0 Å². The third kappa shape index (κ3) is 2.86. The van der Waals surface area contributed by atoms with Crippen molar-refractivity contribution in [2.75, 3.05) is 23.4 Å². The third-order valence-corrected chi connectivity index (χ3v) is 5.47. The van der Waals surface area contributed by atoms with Crippen LogP contribution in [0, 0.1) is 6.92 Å². The van der Waals surface area contributed by atoms with Crippen molar-refractivity contribution in [1.82, 2.24) is 4.98 Å². The van der Waals surface area contributed by atoms with Crippen LogP contribution in [0.25, 0.3) is 0 Å². The number of anilines is 2. The number of hydrogen-bond acceptors (Lipinski definition) is 4. The van der Waals surface area contributed by atoms with Gasteiger partial charge in [-0.05, 0) is 51.0 Å². The Hall–Kier alpha value is -2.40. The maximum atomic E-state index is 12.7. The molecule has 5 nitrogen and oxygen atoms in total. The smallest absolute Gasteiger partial charge is 0.253 e. The van der Waals surface area contributed by atoms with E-state index in [1.165, 1.54) is 11.3 Å². The van der Waals surface area contributed by atoms with Crippen LogP contribution in [0.1, 0.15) is 31.5 Å². The number of para-hydroxylation sites is 1. The molecule has 1 aromatic carbocycles. The van der Waals surface area contributed by atoms with Crippen LogP contribution in [0.15, 0.2) is 42.6 Å². The minimum absolute atomic E-state index is 0.0760. The molecule has 3 heterocycles. The molecule has 1 N–H and O–H groups in total. The van der Waals surface area contributed by atoms with Crippen molar-refractivity contribution in [3.8, 4) is 0 Å². The maximum absolute atomic E-state index is 12.7. The molecule has 2 aromatic rings. The predicted octanol–water partition coefficient (Wildman–Crippen LogP) is 3.28. The molecule has 0 unspecified atom stereocenters. The fourth-order valence-corrected chi connectivity index (χ4v) is 4.17. The summed E-state index contributed by atoms with van der Waals surface area (Å²) in [5.74, 6) is -0.0760. The van der Waals surface area contributed by atoms with Crippen LogP contribution < -0.4 is 10.2 Å². The van der Waals surface area contributed by atoms with Gasteiger partial charge in [-0.1, -0.05) is 18.2 Å². The highest BCUT2D eigenvalue weighted by molar-refractivity contribution is 5.94. The topological polar surface area (TPSA) is 54.5 Å². The van der Waals surface area contributed by atoms with Crippen molar-refractivity contribution in [2.45, 2.75) is 44.8 Å². The normalized spacial score (nSPS) is 24.3. The Kier molecular flexibility index (Phi) is 4.19. The molecular weight excluding hydrogens is 326 g/mol. The Morgan fingerprint density at radius 2 is 2.15 bits per heavy atom. The molecule has 1 spiro atoms. The zero-order chi connectivity index (χ0) is 18.3. The van der Waals surface area contributed by atoms with Crippen LogP contribution in [0.5, 0.6) is 0 Å². The zero-order valence-electron chi connectivity index (χ0n) is 15.5. The molecule has 5 heteroatoms. The van der Waals surface area contributed by atoms with Gasteiger partial charge in [0, 0.05) is 41.3 Å². The summed E-state index contributed by atoms with van der Waals surface area (Å²) in [5.41, 5.74) is 4.13. The second-order valence-electron chi connectivity index (χ2n) is 7.70. The number of benzene rings is 1. The molecule has 1 amide bonds. The van der Waals surface area contributed by atoms with Gasteiger partial charge in [-0.3, -0.25) is 9.78 Å². The van der Waals surface area contributed by atoms with Crippen LogP contribution >= 0.6 is 0 Å². The average Bonchev–Trinajstić information content (AvgIpc) is 3.19. The lowest BCUT2D eigenvalue weighted by molar-refractivity contribution is -0.124. The molecule has 26 heavy (non-hydrogen) atoms. The number of hydrogen-bond donors (Lipinski definition) is 1. The largest absolute Gasteiger partial charge is 0.368 e. The van der Waals surface area contributed by atoms with E-state index in [4.69, 9.17) is 4.74 Å². The van der Waals surface area contributed by atoms with Gasteiger partial charge in [-0.2, -0.15) is 0 Å². The Morgan fingerprint density at radius 3 is 2.92 bits per heavy atom. The molecule has 4 rings (SSSR count). The summed E-state index contributed by atoms with van der Waals surface area (Å²) in [7, 11) is 0. The number of nitrogens with zero attached hydrogens (tertiary/aromatic N) is 2. The summed E-state index contributed by atoms with van der Waals surface area (Å²) in [6, 6.07) is 12.6. The number of rotatable bonds is 3. The lowest BCUT2D eigenvalue weighted by atomic mass is 9.80. The molecule has 136 valence electrons. The van der Waals surface area contributed by atoms with Crippen LogP contribution in [0.3, 0.4) is 0 Å². The Morgan fingerprint density at radius 1 is 1.35 bits per heavy atom. The van der Waals surface area contributed by atoms with E-state index in [2.05, 4.69) is 53.3 Å². The summed E-state index contributed by atoms with van der Waals surface area (Å²) in [6.45, 7) is 7.82. The van der Waals surface area contributed by atoms with Crippen molar-refractivity contribution >= 4 is 17.3 Å². The summed E-state index contributed by atoms with van der Waals surface area (Å²) < 4.78 is 5.99. The first-order valence-corrected chi connectivity index (χ1v) is 9.20. The number of carbonyl (C=O) groups is 1. The first-order chi connectivity index (χ1) is 12.5. The standard InChI is InChI=1S/C21H25N3O2/c1-14(2)24-12-21(17-6-4-5-7-18(17)24)11-19(26-13-21)20(25)23-16-8-9-22-15(3)10-16/h4-10,14,19H,11-13H2,1-3H3,(H,22,23,25)/t19-,21+/m1/s1. The molecule has 0 aliphatic carbocycles. The molecule has 1 saturated heterocycles. The molecule has 1 fully saturated rings. The van der Waals surface area contributed by atoms with Gasteiger partial charge in [0.15, 0.2) is 0 Å². The minimum Gasteiger partial charge on any atom is -0.368 e. The molecule has 2 atom stereocenters. The SMILES string of the molecule is Cc1cc(NC(=O)[C@H]2C[C@@]3(CO2)CN(C(C)C)c2ccccc23)ccn1.